The lowest BCUT2D eigenvalue weighted by Crippen LogP contribution is -1.81. The molecule has 0 saturated heterocycles. The normalized spacial score (nSPS) is 10.0. The third kappa shape index (κ3) is 5.07. The van der Waals surface area contributed by atoms with Crippen molar-refractivity contribution in [1.82, 2.24) is 0 Å². The maximum absolute atomic E-state index is 4.61. The van der Waals surface area contributed by atoms with E-state index in [1.807, 2.05) is 36.0 Å². The van der Waals surface area contributed by atoms with Crippen LogP contribution in [0.2, 0.25) is 0 Å². The van der Waals surface area contributed by atoms with Crippen molar-refractivity contribution >= 4 is 45.6 Å². The molecule has 3 aromatic rings. The zero-order chi connectivity index (χ0) is 18.2. The van der Waals surface area contributed by atoms with Gasteiger partial charge in [-0.2, -0.15) is 4.99 Å². The fraction of sp³-hybridized carbons (Fsp3) is 0.174. The predicted molar refractivity (Wildman–Crippen MR) is 117 cm³/mol. The van der Waals surface area contributed by atoms with Gasteiger partial charge in [-0.15, -0.1) is 11.8 Å². The summed E-state index contributed by atoms with van der Waals surface area (Å²) in [7, 11) is 0. The first-order chi connectivity index (χ1) is 12.8. The van der Waals surface area contributed by atoms with Crippen molar-refractivity contribution in [3.05, 3.63) is 71.8 Å². The van der Waals surface area contributed by atoms with Crippen LogP contribution in [-0.2, 0) is 0 Å². The van der Waals surface area contributed by atoms with Crippen molar-refractivity contribution in [2.24, 2.45) is 4.99 Å². The van der Waals surface area contributed by atoms with Crippen LogP contribution in [0.25, 0.3) is 10.8 Å². The first-order valence-electron chi connectivity index (χ1n) is 8.65. The van der Waals surface area contributed by atoms with E-state index in [0.29, 0.717) is 0 Å². The number of isothiocyanates is 1. The molecule has 128 valence electrons. The van der Waals surface area contributed by atoms with Gasteiger partial charge in [0.05, 0.1) is 10.8 Å². The summed E-state index contributed by atoms with van der Waals surface area (Å²) in [5.74, 6) is 7.62. The van der Waals surface area contributed by atoms with Gasteiger partial charge in [0.25, 0.3) is 0 Å². The fourth-order valence-electron chi connectivity index (χ4n) is 2.54. The Hall–Kier alpha value is -2.37. The first-order valence-corrected chi connectivity index (χ1v) is 10.0. The minimum absolute atomic E-state index is 0.795. The number of hydrogen-bond donors (Lipinski definition) is 0. The minimum Gasteiger partial charge on any atom is -0.195 e. The summed E-state index contributed by atoms with van der Waals surface area (Å²) in [6, 6.07) is 20.7. The van der Waals surface area contributed by atoms with Crippen LogP contribution < -0.4 is 0 Å². The van der Waals surface area contributed by atoms with E-state index in [2.05, 4.69) is 77.5 Å². The highest BCUT2D eigenvalue weighted by molar-refractivity contribution is 7.99. The van der Waals surface area contributed by atoms with Crippen LogP contribution in [0.5, 0.6) is 0 Å². The second kappa shape index (κ2) is 9.36. The van der Waals surface area contributed by atoms with Crippen molar-refractivity contribution < 1.29 is 0 Å². The molecular weight excluding hydrogens is 354 g/mol. The Morgan fingerprint density at radius 2 is 1.58 bits per heavy atom. The third-order valence-corrected chi connectivity index (χ3v) is 5.14. The van der Waals surface area contributed by atoms with Gasteiger partial charge in [0, 0.05) is 16.0 Å². The Kier molecular flexibility index (Phi) is 6.63. The van der Waals surface area contributed by atoms with Gasteiger partial charge < -0.3 is 0 Å². The molecule has 0 aliphatic heterocycles. The van der Waals surface area contributed by atoms with E-state index in [1.54, 1.807) is 0 Å². The van der Waals surface area contributed by atoms with E-state index in [4.69, 9.17) is 0 Å². The average molecular weight is 374 g/mol. The van der Waals surface area contributed by atoms with Crippen molar-refractivity contribution in [3.8, 4) is 11.8 Å². The Labute approximate surface area is 164 Å². The van der Waals surface area contributed by atoms with Crippen LogP contribution in [0.1, 0.15) is 30.9 Å². The highest BCUT2D eigenvalue weighted by Gasteiger charge is 1.99. The number of hydrogen-bond acceptors (Lipinski definition) is 3. The van der Waals surface area contributed by atoms with E-state index >= 15 is 0 Å². The van der Waals surface area contributed by atoms with Crippen molar-refractivity contribution in [3.63, 3.8) is 0 Å². The Morgan fingerprint density at radius 3 is 2.35 bits per heavy atom. The van der Waals surface area contributed by atoms with E-state index in [9.17, 15) is 0 Å². The van der Waals surface area contributed by atoms with Gasteiger partial charge in [0.1, 0.15) is 0 Å². The standard InChI is InChI=1S/C23H19NS2/c1-2-3-14-26-23-13-10-20-15-19(6-9-21(20)16-23)5-4-18-7-11-22(12-8-18)24-17-25/h6-13,15-16H,2-3,14H2,1H3. The van der Waals surface area contributed by atoms with Crippen LogP contribution in [0, 0.1) is 11.8 Å². The smallest absolute Gasteiger partial charge is 0.0740 e. The molecule has 0 atom stereocenters. The summed E-state index contributed by atoms with van der Waals surface area (Å²) < 4.78 is 0. The number of unbranched alkanes of at least 4 members (excludes halogenated alkanes) is 1. The van der Waals surface area contributed by atoms with Gasteiger partial charge in [-0.05, 0) is 83.7 Å². The van der Waals surface area contributed by atoms with Crippen LogP contribution >= 0.6 is 24.0 Å². The van der Waals surface area contributed by atoms with Gasteiger partial charge in [0.2, 0.25) is 0 Å². The molecule has 0 spiro atoms. The molecule has 0 aliphatic rings. The summed E-state index contributed by atoms with van der Waals surface area (Å²) in [5.41, 5.74) is 2.77. The first kappa shape index (κ1) is 18.4. The fourth-order valence-corrected chi connectivity index (χ4v) is 3.69. The molecule has 0 fully saturated rings. The van der Waals surface area contributed by atoms with Gasteiger partial charge >= 0.3 is 0 Å². The number of thioether (sulfide) groups is 1. The van der Waals surface area contributed by atoms with Gasteiger partial charge in [-0.25, -0.2) is 0 Å². The number of thiocarbonyl (C=S) groups is 1. The summed E-state index contributed by atoms with van der Waals surface area (Å²) in [6.07, 6.45) is 2.50. The number of benzene rings is 3. The number of aliphatic imine (C=N–C) groups is 1. The van der Waals surface area contributed by atoms with Gasteiger partial charge in [-0.3, -0.25) is 0 Å². The quantitative estimate of drug-likeness (QED) is 0.159. The zero-order valence-corrected chi connectivity index (χ0v) is 16.3. The molecule has 3 aromatic carbocycles. The highest BCUT2D eigenvalue weighted by Crippen LogP contribution is 2.25. The van der Waals surface area contributed by atoms with E-state index < -0.39 is 0 Å². The third-order valence-electron chi connectivity index (χ3n) is 3.97. The summed E-state index contributed by atoms with van der Waals surface area (Å²) in [4.78, 5) is 5.28. The second-order valence-electron chi connectivity index (χ2n) is 5.93. The highest BCUT2D eigenvalue weighted by atomic mass is 32.2. The van der Waals surface area contributed by atoms with E-state index in [-0.39, 0.29) is 0 Å². The maximum Gasteiger partial charge on any atom is 0.0740 e. The largest absolute Gasteiger partial charge is 0.195 e. The molecule has 0 aliphatic carbocycles. The monoisotopic (exact) mass is 373 g/mol. The molecule has 0 heterocycles. The minimum atomic E-state index is 0.795. The Bertz CT molecular complexity index is 1000. The topological polar surface area (TPSA) is 12.4 Å². The van der Waals surface area contributed by atoms with Crippen molar-refractivity contribution in [1.29, 1.82) is 0 Å². The van der Waals surface area contributed by atoms with Gasteiger partial charge in [0.15, 0.2) is 0 Å². The second-order valence-corrected chi connectivity index (χ2v) is 7.28. The molecule has 3 rings (SSSR count). The summed E-state index contributed by atoms with van der Waals surface area (Å²) in [6.45, 7) is 2.23. The van der Waals surface area contributed by atoms with Gasteiger partial charge in [-0.1, -0.05) is 37.3 Å². The molecule has 0 radical (unpaired) electrons. The predicted octanol–water partition coefficient (Wildman–Crippen LogP) is 6.87. The molecule has 3 heteroatoms. The van der Waals surface area contributed by atoms with E-state index in [1.165, 1.54) is 34.3 Å². The van der Waals surface area contributed by atoms with Crippen LogP contribution in [0.15, 0.2) is 70.6 Å². The molecule has 0 amide bonds. The SMILES string of the molecule is CCCCSc1ccc2cc(C#Cc3ccc(N=C=S)cc3)ccc2c1. The molecular formula is C23H19NS2. The summed E-state index contributed by atoms with van der Waals surface area (Å²) >= 11 is 6.54. The molecule has 0 N–H and O–H groups in total. The zero-order valence-electron chi connectivity index (χ0n) is 14.7. The Balaban J connectivity index is 1.77. The van der Waals surface area contributed by atoms with E-state index in [0.717, 1.165) is 16.8 Å². The van der Waals surface area contributed by atoms with Crippen molar-refractivity contribution in [2.75, 3.05) is 5.75 Å². The lowest BCUT2D eigenvalue weighted by atomic mass is 10.1. The van der Waals surface area contributed by atoms with Crippen LogP contribution in [0.4, 0.5) is 5.69 Å². The van der Waals surface area contributed by atoms with Crippen LogP contribution in [0.3, 0.4) is 0 Å². The Morgan fingerprint density at radius 1 is 0.885 bits per heavy atom. The molecule has 0 unspecified atom stereocenters. The number of nitrogens with zero attached hydrogens (tertiary/aromatic N) is 1. The summed E-state index contributed by atoms with van der Waals surface area (Å²) in [5, 5.41) is 4.85. The number of rotatable bonds is 5. The lowest BCUT2D eigenvalue weighted by Gasteiger charge is -2.04. The number of fused-ring (bicyclic) bond motifs is 1. The van der Waals surface area contributed by atoms with Crippen LogP contribution in [-0.4, -0.2) is 10.9 Å². The molecule has 0 saturated carbocycles. The molecule has 0 aromatic heterocycles. The molecule has 26 heavy (non-hydrogen) atoms. The molecule has 0 bridgehead atoms. The van der Waals surface area contributed by atoms with Crippen molar-refractivity contribution in [2.45, 2.75) is 24.7 Å². The average Bonchev–Trinajstić information content (AvgIpc) is 2.68. The lowest BCUT2D eigenvalue weighted by molar-refractivity contribution is 0.896. The molecule has 1 nitrogen and oxygen atoms in total. The maximum atomic E-state index is 4.61.